The molecule has 1 fully saturated rings. The van der Waals surface area contributed by atoms with Crippen molar-refractivity contribution in [2.45, 2.75) is 40.2 Å². The molecule has 4 rings (SSSR count). The third-order valence-corrected chi connectivity index (χ3v) is 6.82. The van der Waals surface area contributed by atoms with Crippen LogP contribution in [0, 0.1) is 11.3 Å². The topological polar surface area (TPSA) is 97.2 Å². The molecule has 1 saturated heterocycles. The number of carbonyl (C=O) groups excluding carboxylic acids is 1. The number of aromatic nitrogens is 4. The number of urea groups is 1. The van der Waals surface area contributed by atoms with Gasteiger partial charge in [-0.25, -0.2) is 14.8 Å². The molecule has 1 aliphatic heterocycles. The van der Waals surface area contributed by atoms with E-state index in [1.54, 1.807) is 24.2 Å². The van der Waals surface area contributed by atoms with Gasteiger partial charge in [0.1, 0.15) is 0 Å². The Balaban J connectivity index is 1.46. The lowest BCUT2D eigenvalue weighted by molar-refractivity contribution is 0.196. The van der Waals surface area contributed by atoms with Crippen molar-refractivity contribution in [1.82, 2.24) is 30.0 Å². The zero-order valence-corrected chi connectivity index (χ0v) is 21.9. The molecule has 0 aliphatic carbocycles. The summed E-state index contributed by atoms with van der Waals surface area (Å²) in [5, 5.41) is 10.5. The van der Waals surface area contributed by atoms with Gasteiger partial charge in [0.05, 0.1) is 24.2 Å². The van der Waals surface area contributed by atoms with E-state index in [4.69, 9.17) is 4.74 Å². The van der Waals surface area contributed by atoms with E-state index in [0.29, 0.717) is 25.0 Å². The van der Waals surface area contributed by atoms with Crippen LogP contribution in [0.4, 0.5) is 16.4 Å². The summed E-state index contributed by atoms with van der Waals surface area (Å²) in [7, 11) is 3.56. The van der Waals surface area contributed by atoms with Crippen molar-refractivity contribution < 1.29 is 9.53 Å². The van der Waals surface area contributed by atoms with Crippen LogP contribution in [0.5, 0.6) is 0 Å². The first-order valence-electron chi connectivity index (χ1n) is 12.5. The Hall–Kier alpha value is -3.46. The minimum absolute atomic E-state index is 0.00503. The predicted molar refractivity (Wildman–Crippen MR) is 141 cm³/mol. The second-order valence-electron chi connectivity index (χ2n) is 10.5. The highest BCUT2D eigenvalue weighted by Crippen LogP contribution is 2.33. The van der Waals surface area contributed by atoms with Crippen molar-refractivity contribution in [1.29, 1.82) is 0 Å². The predicted octanol–water partition coefficient (Wildman–Crippen LogP) is 4.39. The van der Waals surface area contributed by atoms with Crippen LogP contribution in [-0.2, 0) is 24.8 Å². The van der Waals surface area contributed by atoms with Gasteiger partial charge < -0.3 is 20.3 Å². The van der Waals surface area contributed by atoms with E-state index in [2.05, 4.69) is 58.6 Å². The van der Waals surface area contributed by atoms with E-state index in [1.165, 1.54) is 0 Å². The number of aryl methyl sites for hydroxylation is 1. The van der Waals surface area contributed by atoms with Gasteiger partial charge in [-0.1, -0.05) is 32.9 Å². The van der Waals surface area contributed by atoms with Gasteiger partial charge in [-0.2, -0.15) is 5.10 Å². The number of anilines is 2. The molecule has 0 saturated carbocycles. The summed E-state index contributed by atoms with van der Waals surface area (Å²) in [5.74, 6) is 1.04. The molecule has 1 aliphatic rings. The molecular weight excluding hydrogens is 454 g/mol. The number of methoxy groups -OCH3 is 1. The highest BCUT2D eigenvalue weighted by Gasteiger charge is 2.33. The number of hydrogen-bond acceptors (Lipinski definition) is 6. The van der Waals surface area contributed by atoms with E-state index in [9.17, 15) is 4.79 Å². The van der Waals surface area contributed by atoms with E-state index in [-0.39, 0.29) is 11.4 Å². The van der Waals surface area contributed by atoms with Gasteiger partial charge >= 0.3 is 6.03 Å². The van der Waals surface area contributed by atoms with Crippen LogP contribution in [0.3, 0.4) is 0 Å². The lowest BCUT2D eigenvalue weighted by atomic mass is 9.80. The third-order valence-electron chi connectivity index (χ3n) is 6.82. The summed E-state index contributed by atoms with van der Waals surface area (Å²) in [5.41, 5.74) is 5.05. The molecule has 1 unspecified atom stereocenters. The summed E-state index contributed by atoms with van der Waals surface area (Å²) in [6.45, 7) is 9.45. The first-order valence-corrected chi connectivity index (χ1v) is 12.5. The maximum Gasteiger partial charge on any atom is 0.317 e. The van der Waals surface area contributed by atoms with Crippen LogP contribution in [-0.4, -0.2) is 57.5 Å². The first kappa shape index (κ1) is 25.6. The second-order valence-corrected chi connectivity index (χ2v) is 10.5. The minimum Gasteiger partial charge on any atom is -0.384 e. The Morgan fingerprint density at radius 1 is 1.22 bits per heavy atom. The molecule has 2 amide bonds. The molecule has 192 valence electrons. The summed E-state index contributed by atoms with van der Waals surface area (Å²) in [4.78, 5) is 23.8. The van der Waals surface area contributed by atoms with Crippen LogP contribution in [0.25, 0.3) is 11.3 Å². The zero-order valence-electron chi connectivity index (χ0n) is 21.9. The van der Waals surface area contributed by atoms with E-state index < -0.39 is 0 Å². The highest BCUT2D eigenvalue weighted by atomic mass is 16.5. The number of rotatable bonds is 8. The van der Waals surface area contributed by atoms with Gasteiger partial charge in [0.15, 0.2) is 0 Å². The van der Waals surface area contributed by atoms with E-state index in [0.717, 1.165) is 54.0 Å². The van der Waals surface area contributed by atoms with E-state index >= 15 is 0 Å². The fourth-order valence-electron chi connectivity index (χ4n) is 4.53. The van der Waals surface area contributed by atoms with Crippen LogP contribution < -0.4 is 10.6 Å². The number of likely N-dealkylation sites (tertiary alicyclic amines) is 1. The van der Waals surface area contributed by atoms with Crippen molar-refractivity contribution in [2.75, 3.05) is 32.1 Å². The third kappa shape index (κ3) is 6.40. The number of ether oxygens (including phenoxy) is 1. The molecule has 0 radical (unpaired) electrons. The number of amides is 2. The van der Waals surface area contributed by atoms with E-state index in [1.807, 2.05) is 30.3 Å². The van der Waals surface area contributed by atoms with Crippen LogP contribution in [0.1, 0.15) is 38.3 Å². The fraction of sp³-hybridized carbons (Fsp3) is 0.481. The highest BCUT2D eigenvalue weighted by molar-refractivity contribution is 5.74. The van der Waals surface area contributed by atoms with Crippen LogP contribution in [0.2, 0.25) is 0 Å². The minimum atomic E-state index is 0.00503. The smallest absolute Gasteiger partial charge is 0.317 e. The van der Waals surface area contributed by atoms with Gasteiger partial charge in [-0.3, -0.25) is 4.68 Å². The molecule has 2 aromatic heterocycles. The zero-order chi connectivity index (χ0) is 25.7. The molecule has 3 heterocycles. The summed E-state index contributed by atoms with van der Waals surface area (Å²) in [6, 6.07) is 8.13. The van der Waals surface area contributed by atoms with Crippen molar-refractivity contribution in [3.63, 3.8) is 0 Å². The van der Waals surface area contributed by atoms with Crippen molar-refractivity contribution >= 4 is 17.7 Å². The normalized spacial score (nSPS) is 15.8. The van der Waals surface area contributed by atoms with Gasteiger partial charge in [0, 0.05) is 51.7 Å². The molecule has 3 aromatic rings. The maximum absolute atomic E-state index is 12.9. The maximum atomic E-state index is 12.9. The lowest BCUT2D eigenvalue weighted by Crippen LogP contribution is -2.39. The van der Waals surface area contributed by atoms with Crippen molar-refractivity contribution in [3.8, 4) is 11.3 Å². The number of hydrogen-bond donors (Lipinski definition) is 2. The summed E-state index contributed by atoms with van der Waals surface area (Å²) >= 11 is 0. The number of carbonyl (C=O) groups is 1. The van der Waals surface area contributed by atoms with Gasteiger partial charge in [-0.15, -0.1) is 0 Å². The van der Waals surface area contributed by atoms with Gasteiger partial charge in [0.25, 0.3) is 0 Å². The van der Waals surface area contributed by atoms with Crippen molar-refractivity contribution in [3.05, 3.63) is 54.0 Å². The molecule has 0 spiro atoms. The Bertz CT molecular complexity index is 1180. The fourth-order valence-corrected chi connectivity index (χ4v) is 4.53. The molecule has 2 N–H and O–H groups in total. The number of nitrogens with one attached hydrogen (secondary N) is 2. The SMILES string of the molecule is COCCc1cc(-c2ccnc(Nc3cnn(C)c3)n2)ccc1CNC(=O)N1CCC(C(C)(C)C)C1. The number of benzene rings is 1. The average Bonchev–Trinajstić information content (AvgIpc) is 3.51. The average molecular weight is 492 g/mol. The molecular formula is C27H37N7O2. The molecule has 9 heteroatoms. The Morgan fingerprint density at radius 2 is 2.06 bits per heavy atom. The van der Waals surface area contributed by atoms with Crippen LogP contribution >= 0.6 is 0 Å². The molecule has 1 atom stereocenters. The lowest BCUT2D eigenvalue weighted by Gasteiger charge is -2.27. The Labute approximate surface area is 213 Å². The Kier molecular flexibility index (Phi) is 7.88. The Morgan fingerprint density at radius 3 is 2.75 bits per heavy atom. The van der Waals surface area contributed by atoms with Crippen molar-refractivity contribution in [2.24, 2.45) is 18.4 Å². The van der Waals surface area contributed by atoms with Gasteiger partial charge in [0.2, 0.25) is 5.95 Å². The molecule has 9 nitrogen and oxygen atoms in total. The second kappa shape index (κ2) is 11.1. The number of nitrogens with zero attached hydrogens (tertiary/aromatic N) is 5. The standard InChI is InChI=1S/C27H37N7O2/c1-27(2,3)22-9-12-34(17-22)26(35)29-15-21-7-6-20(14-19(21)10-13-36-5)24-8-11-28-25(32-24)31-23-16-30-33(4)18-23/h6-8,11,14,16,18,22H,9-10,12-13,15,17H2,1-5H3,(H,29,35)(H,28,31,32). The summed E-state index contributed by atoms with van der Waals surface area (Å²) in [6.07, 6.45) is 7.14. The monoisotopic (exact) mass is 491 g/mol. The molecule has 36 heavy (non-hydrogen) atoms. The molecule has 1 aromatic carbocycles. The van der Waals surface area contributed by atoms with Crippen LogP contribution in [0.15, 0.2) is 42.9 Å². The molecule has 0 bridgehead atoms. The summed E-state index contributed by atoms with van der Waals surface area (Å²) < 4.78 is 7.07. The first-order chi connectivity index (χ1) is 17.2. The largest absolute Gasteiger partial charge is 0.384 e. The quantitative estimate of drug-likeness (QED) is 0.485. The van der Waals surface area contributed by atoms with Gasteiger partial charge in [-0.05, 0) is 47.4 Å².